The van der Waals surface area contributed by atoms with Crippen molar-refractivity contribution in [2.45, 2.75) is 0 Å². The summed E-state index contributed by atoms with van der Waals surface area (Å²) in [7, 11) is 0. The predicted octanol–water partition coefficient (Wildman–Crippen LogP) is 3.23. The van der Waals surface area contributed by atoms with Crippen LogP contribution in [0.4, 0.5) is 14.9 Å². The Morgan fingerprint density at radius 2 is 1.63 bits per heavy atom. The summed E-state index contributed by atoms with van der Waals surface area (Å²) in [6.07, 6.45) is 0. The van der Waals surface area contributed by atoms with E-state index in [9.17, 15) is 14.0 Å². The lowest BCUT2D eigenvalue weighted by Gasteiger charge is -2.34. The van der Waals surface area contributed by atoms with Crippen molar-refractivity contribution in [1.82, 2.24) is 9.80 Å². The number of para-hydroxylation sites is 1. The maximum atomic E-state index is 12.9. The van der Waals surface area contributed by atoms with Gasteiger partial charge in [0, 0.05) is 31.9 Å². The minimum Gasteiger partial charge on any atom is -0.482 e. The molecule has 1 aliphatic heterocycles. The largest absolute Gasteiger partial charge is 0.482 e. The maximum absolute atomic E-state index is 12.9. The highest BCUT2D eigenvalue weighted by Gasteiger charge is 2.24. The van der Waals surface area contributed by atoms with Crippen LogP contribution in [0.25, 0.3) is 0 Å². The molecule has 0 aromatic heterocycles. The number of halogens is 2. The standard InChI is InChI=1S/C19H19ClFN3O3/c20-16-3-1-2-4-17(16)27-13-18(25)23-9-11-24(12-10-23)19(26)22-15-7-5-14(21)6-8-15/h1-8H,9-13H2,(H,22,26). The van der Waals surface area contributed by atoms with Gasteiger partial charge in [0.1, 0.15) is 11.6 Å². The highest BCUT2D eigenvalue weighted by atomic mass is 35.5. The molecule has 0 bridgehead atoms. The van der Waals surface area contributed by atoms with Crippen LogP contribution in [0, 0.1) is 5.82 Å². The zero-order valence-corrected chi connectivity index (χ0v) is 15.3. The summed E-state index contributed by atoms with van der Waals surface area (Å²) in [6, 6.07) is 12.3. The highest BCUT2D eigenvalue weighted by Crippen LogP contribution is 2.23. The topological polar surface area (TPSA) is 61.9 Å². The van der Waals surface area contributed by atoms with E-state index in [1.165, 1.54) is 24.3 Å². The molecule has 0 spiro atoms. The molecule has 1 fully saturated rings. The number of carbonyl (C=O) groups excluding carboxylic acids is 2. The minimum atomic E-state index is -0.362. The van der Waals surface area contributed by atoms with Gasteiger partial charge in [0.2, 0.25) is 0 Å². The molecule has 6 nitrogen and oxygen atoms in total. The Morgan fingerprint density at radius 1 is 1.00 bits per heavy atom. The van der Waals surface area contributed by atoms with Crippen LogP contribution in [0.5, 0.6) is 5.75 Å². The van der Waals surface area contributed by atoms with Gasteiger partial charge in [0.25, 0.3) is 5.91 Å². The molecule has 2 aromatic carbocycles. The molecule has 27 heavy (non-hydrogen) atoms. The number of carbonyl (C=O) groups is 2. The van der Waals surface area contributed by atoms with E-state index in [0.29, 0.717) is 42.6 Å². The molecule has 2 aromatic rings. The quantitative estimate of drug-likeness (QED) is 0.870. The van der Waals surface area contributed by atoms with E-state index in [1.54, 1.807) is 34.1 Å². The Balaban J connectivity index is 1.45. The van der Waals surface area contributed by atoms with Gasteiger partial charge in [-0.3, -0.25) is 4.79 Å². The first-order valence-corrected chi connectivity index (χ1v) is 8.87. The predicted molar refractivity (Wildman–Crippen MR) is 101 cm³/mol. The number of ether oxygens (including phenoxy) is 1. The van der Waals surface area contributed by atoms with Crippen molar-refractivity contribution >= 4 is 29.2 Å². The SMILES string of the molecule is O=C(COc1ccccc1Cl)N1CCN(C(=O)Nc2ccc(F)cc2)CC1. The van der Waals surface area contributed by atoms with Gasteiger partial charge in [-0.15, -0.1) is 0 Å². The molecule has 0 aliphatic carbocycles. The van der Waals surface area contributed by atoms with Gasteiger partial charge < -0.3 is 19.9 Å². The van der Waals surface area contributed by atoms with E-state index in [0.717, 1.165) is 0 Å². The summed E-state index contributed by atoms with van der Waals surface area (Å²) in [4.78, 5) is 27.8. The van der Waals surface area contributed by atoms with E-state index in [1.807, 2.05) is 0 Å². The van der Waals surface area contributed by atoms with E-state index in [4.69, 9.17) is 16.3 Å². The lowest BCUT2D eigenvalue weighted by Crippen LogP contribution is -2.52. The summed E-state index contributed by atoms with van der Waals surface area (Å²) in [5.41, 5.74) is 0.521. The summed E-state index contributed by atoms with van der Waals surface area (Å²) in [5, 5.41) is 3.16. The van der Waals surface area contributed by atoms with Crippen molar-refractivity contribution in [1.29, 1.82) is 0 Å². The highest BCUT2D eigenvalue weighted by molar-refractivity contribution is 6.32. The van der Waals surface area contributed by atoms with Crippen LogP contribution in [-0.2, 0) is 4.79 Å². The number of nitrogens with zero attached hydrogens (tertiary/aromatic N) is 2. The molecule has 142 valence electrons. The second-order valence-corrected chi connectivity index (χ2v) is 6.43. The van der Waals surface area contributed by atoms with E-state index in [-0.39, 0.29) is 24.4 Å². The van der Waals surface area contributed by atoms with Crippen LogP contribution in [0.1, 0.15) is 0 Å². The van der Waals surface area contributed by atoms with Crippen LogP contribution in [0.2, 0.25) is 5.02 Å². The molecular weight excluding hydrogens is 373 g/mol. The summed E-state index contributed by atoms with van der Waals surface area (Å²) < 4.78 is 18.4. The number of nitrogens with one attached hydrogen (secondary N) is 1. The van der Waals surface area contributed by atoms with Crippen LogP contribution in [-0.4, -0.2) is 54.5 Å². The third-order valence-corrected chi connectivity index (χ3v) is 4.52. The first kappa shape index (κ1) is 19.0. The van der Waals surface area contributed by atoms with Gasteiger partial charge in [0.05, 0.1) is 5.02 Å². The van der Waals surface area contributed by atoms with Crippen molar-refractivity contribution in [3.63, 3.8) is 0 Å². The number of anilines is 1. The van der Waals surface area contributed by atoms with Crippen molar-refractivity contribution in [2.24, 2.45) is 0 Å². The first-order chi connectivity index (χ1) is 13.0. The molecule has 1 aliphatic rings. The average Bonchev–Trinajstić information content (AvgIpc) is 2.69. The monoisotopic (exact) mass is 391 g/mol. The fourth-order valence-corrected chi connectivity index (χ4v) is 2.88. The number of amides is 3. The minimum absolute atomic E-state index is 0.106. The van der Waals surface area contributed by atoms with Crippen molar-refractivity contribution in [3.8, 4) is 5.75 Å². The van der Waals surface area contributed by atoms with Gasteiger partial charge in [-0.2, -0.15) is 0 Å². The Labute approximate surface area is 161 Å². The molecule has 0 atom stereocenters. The molecule has 1 heterocycles. The van der Waals surface area contributed by atoms with Gasteiger partial charge in [-0.05, 0) is 36.4 Å². The van der Waals surface area contributed by atoms with Crippen LogP contribution in [0.15, 0.2) is 48.5 Å². The maximum Gasteiger partial charge on any atom is 0.321 e. The number of hydrogen-bond acceptors (Lipinski definition) is 3. The summed E-state index contributed by atoms with van der Waals surface area (Å²) in [6.45, 7) is 1.55. The fraction of sp³-hybridized carbons (Fsp3) is 0.263. The van der Waals surface area contributed by atoms with Crippen molar-refractivity contribution in [3.05, 3.63) is 59.4 Å². The smallest absolute Gasteiger partial charge is 0.321 e. The zero-order valence-electron chi connectivity index (χ0n) is 14.5. The molecule has 0 radical (unpaired) electrons. The lowest BCUT2D eigenvalue weighted by molar-refractivity contribution is -0.134. The van der Waals surface area contributed by atoms with Crippen LogP contribution < -0.4 is 10.1 Å². The summed E-state index contributed by atoms with van der Waals surface area (Å²) >= 11 is 6.00. The molecule has 1 saturated heterocycles. The van der Waals surface area contributed by atoms with Gasteiger partial charge in [-0.25, -0.2) is 9.18 Å². The number of benzene rings is 2. The van der Waals surface area contributed by atoms with Crippen molar-refractivity contribution in [2.75, 3.05) is 38.1 Å². The third-order valence-electron chi connectivity index (χ3n) is 4.20. The van der Waals surface area contributed by atoms with Crippen LogP contribution in [0.3, 0.4) is 0 Å². The van der Waals surface area contributed by atoms with E-state index in [2.05, 4.69) is 5.32 Å². The summed E-state index contributed by atoms with van der Waals surface area (Å²) in [5.74, 6) is -0.0579. The molecule has 0 unspecified atom stereocenters. The number of hydrogen-bond donors (Lipinski definition) is 1. The van der Waals surface area contributed by atoms with Gasteiger partial charge in [0.15, 0.2) is 6.61 Å². The zero-order chi connectivity index (χ0) is 19.2. The molecule has 3 amide bonds. The Hall–Kier alpha value is -2.80. The second-order valence-electron chi connectivity index (χ2n) is 6.02. The Morgan fingerprint density at radius 3 is 2.30 bits per heavy atom. The van der Waals surface area contributed by atoms with E-state index >= 15 is 0 Å². The van der Waals surface area contributed by atoms with Gasteiger partial charge >= 0.3 is 6.03 Å². The van der Waals surface area contributed by atoms with Crippen LogP contribution >= 0.6 is 11.6 Å². The molecule has 0 saturated carbocycles. The fourth-order valence-electron chi connectivity index (χ4n) is 2.69. The number of urea groups is 1. The Bertz CT molecular complexity index is 808. The van der Waals surface area contributed by atoms with Crippen molar-refractivity contribution < 1.29 is 18.7 Å². The molecule has 1 N–H and O–H groups in total. The second kappa shape index (κ2) is 8.73. The molecular formula is C19H19ClFN3O3. The van der Waals surface area contributed by atoms with E-state index < -0.39 is 0 Å². The molecule has 3 rings (SSSR count). The normalized spacial score (nSPS) is 14.0. The Kier molecular flexibility index (Phi) is 6.13. The first-order valence-electron chi connectivity index (χ1n) is 8.49. The van der Waals surface area contributed by atoms with Gasteiger partial charge in [-0.1, -0.05) is 23.7 Å². The third kappa shape index (κ3) is 5.10. The molecule has 8 heteroatoms. The number of piperazine rings is 1. The lowest BCUT2D eigenvalue weighted by atomic mass is 10.3. The average molecular weight is 392 g/mol. The number of rotatable bonds is 4.